The van der Waals surface area contributed by atoms with Crippen molar-refractivity contribution in [2.75, 3.05) is 32.8 Å². The van der Waals surface area contributed by atoms with Crippen LogP contribution >= 0.6 is 0 Å². The van der Waals surface area contributed by atoms with E-state index in [4.69, 9.17) is 9.47 Å². The minimum absolute atomic E-state index is 0.319. The number of rotatable bonds is 6. The third-order valence-electron chi connectivity index (χ3n) is 7.10. The number of carbonyl (C=O) groups excluding carboxylic acids is 1. The number of hydrogen-bond acceptors (Lipinski definition) is 6. The van der Waals surface area contributed by atoms with Gasteiger partial charge in [0.2, 0.25) is 4.75 Å². The first-order chi connectivity index (χ1) is 15.8. The predicted octanol–water partition coefficient (Wildman–Crippen LogP) is 2.50. The van der Waals surface area contributed by atoms with Gasteiger partial charge in [0.1, 0.15) is 18.1 Å². The molecule has 3 aliphatic rings. The Morgan fingerprint density at radius 1 is 1.18 bits per heavy atom. The maximum atomic E-state index is 13.4. The smallest absolute Gasteiger partial charge is 0.278 e. The third kappa shape index (κ3) is 3.94. The maximum absolute atomic E-state index is 13.4. The Bertz CT molecular complexity index is 1090. The van der Waals surface area contributed by atoms with E-state index in [0.717, 1.165) is 23.5 Å². The second-order valence-electron chi connectivity index (χ2n) is 9.56. The van der Waals surface area contributed by atoms with Crippen LogP contribution in [0.4, 0.5) is 0 Å². The molecule has 0 aromatic heterocycles. The molecule has 2 fully saturated rings. The molecule has 5 rings (SSSR count). The van der Waals surface area contributed by atoms with Gasteiger partial charge < -0.3 is 18.9 Å². The summed E-state index contributed by atoms with van der Waals surface area (Å²) in [6.45, 7) is 6.07. The molecular weight excluding hydrogens is 440 g/mol. The number of benzene rings is 2. The van der Waals surface area contributed by atoms with Crippen LogP contribution in [-0.2, 0) is 32.2 Å². The molecule has 3 atom stereocenters. The molecular formula is C25H30N2O5S. The molecule has 2 saturated heterocycles. The van der Waals surface area contributed by atoms with Crippen molar-refractivity contribution in [2.24, 2.45) is 0 Å². The van der Waals surface area contributed by atoms with E-state index in [1.165, 1.54) is 19.4 Å². The predicted molar refractivity (Wildman–Crippen MR) is 125 cm³/mol. The Morgan fingerprint density at radius 2 is 1.97 bits per heavy atom. The number of hydrogen-bond donors (Lipinski definition) is 0. The van der Waals surface area contributed by atoms with E-state index in [1.807, 2.05) is 42.5 Å². The molecule has 0 radical (unpaired) electrons. The van der Waals surface area contributed by atoms with Gasteiger partial charge in [-0.3, -0.25) is 9.69 Å². The number of para-hydroxylation sites is 1. The molecule has 176 valence electrons. The standard InChI is InChI=1S/C25H30N2O5S/c1-25(2)24(28)27(11-13-31-20-6-4-3-5-7-20)21-16-26(17-23(21)33(25,29)30)15-18-8-9-22-19(14-18)10-12-32-22/h3-9,14,21,23H,10-13,15-17H2,1-2H3/t21-,23-/m0/s1. The number of fused-ring (bicyclic) bond motifs is 2. The normalized spacial score (nSPS) is 28.3. The first-order valence-corrected chi connectivity index (χ1v) is 13.0. The lowest BCUT2D eigenvalue weighted by Crippen LogP contribution is -2.68. The van der Waals surface area contributed by atoms with E-state index in [0.29, 0.717) is 39.4 Å². The quantitative estimate of drug-likeness (QED) is 0.604. The van der Waals surface area contributed by atoms with Gasteiger partial charge in [0.15, 0.2) is 5.25 Å². The summed E-state index contributed by atoms with van der Waals surface area (Å²) >= 11 is 0. The van der Waals surface area contributed by atoms with Crippen LogP contribution in [0.3, 0.4) is 0 Å². The summed E-state index contributed by atoms with van der Waals surface area (Å²) in [5.74, 6) is 1.34. The molecule has 2 aromatic carbocycles. The first-order valence-electron chi connectivity index (χ1n) is 11.5. The Balaban J connectivity index is 1.33. The highest BCUT2D eigenvalue weighted by Gasteiger charge is 2.63. The maximum Gasteiger partial charge on any atom is 0.278 e. The van der Waals surface area contributed by atoms with E-state index in [2.05, 4.69) is 11.0 Å². The summed E-state index contributed by atoms with van der Waals surface area (Å²) in [4.78, 5) is 17.2. The molecule has 1 unspecified atom stereocenters. The van der Waals surface area contributed by atoms with Crippen molar-refractivity contribution in [2.45, 2.75) is 42.9 Å². The van der Waals surface area contributed by atoms with Crippen LogP contribution in [0.15, 0.2) is 48.5 Å². The molecule has 3 aliphatic heterocycles. The summed E-state index contributed by atoms with van der Waals surface area (Å²) in [7, 11) is -3.63. The van der Waals surface area contributed by atoms with Gasteiger partial charge in [0.25, 0.3) is 5.91 Å². The molecule has 0 N–H and O–H groups in total. The molecule has 33 heavy (non-hydrogen) atoms. The van der Waals surface area contributed by atoms with Crippen LogP contribution in [0.2, 0.25) is 0 Å². The lowest BCUT2D eigenvalue weighted by molar-refractivity contribution is -0.137. The van der Waals surface area contributed by atoms with Crippen LogP contribution < -0.4 is 9.47 Å². The fourth-order valence-electron chi connectivity index (χ4n) is 5.21. The fourth-order valence-corrected chi connectivity index (χ4v) is 7.38. The van der Waals surface area contributed by atoms with Gasteiger partial charge in [-0.25, -0.2) is 0 Å². The van der Waals surface area contributed by atoms with Gasteiger partial charge in [-0.1, -0.05) is 30.3 Å². The zero-order chi connectivity index (χ0) is 23.2. The fraction of sp³-hybridized carbons (Fsp3) is 0.480. The first kappa shape index (κ1) is 22.4. The van der Waals surface area contributed by atoms with Crippen molar-refractivity contribution in [1.82, 2.24) is 9.80 Å². The summed E-state index contributed by atoms with van der Waals surface area (Å²) < 4.78 is 36.8. The van der Waals surface area contributed by atoms with Crippen molar-refractivity contribution < 1.29 is 23.0 Å². The zero-order valence-electron chi connectivity index (χ0n) is 19.1. The van der Waals surface area contributed by atoms with E-state index < -0.39 is 20.2 Å². The van der Waals surface area contributed by atoms with Crippen molar-refractivity contribution in [1.29, 1.82) is 0 Å². The van der Waals surface area contributed by atoms with E-state index in [1.54, 1.807) is 4.90 Å². The van der Waals surface area contributed by atoms with Crippen molar-refractivity contribution in [3.8, 4) is 11.5 Å². The third-order valence-corrected chi connectivity index (χ3v) is 9.96. The van der Waals surface area contributed by atoms with Crippen LogP contribution in [-0.4, -0.2) is 69.1 Å². The molecule has 0 aliphatic carbocycles. The van der Waals surface area contributed by atoms with Crippen LogP contribution in [0.5, 0.6) is 11.5 Å². The zero-order valence-corrected chi connectivity index (χ0v) is 19.9. The number of likely N-dealkylation sites (tertiary alicyclic amines) is 1. The summed E-state index contributed by atoms with van der Waals surface area (Å²) in [5, 5.41) is -0.598. The minimum Gasteiger partial charge on any atom is -0.614 e. The number of sulfone groups is 1. The average Bonchev–Trinajstić information content (AvgIpc) is 3.43. The Kier molecular flexibility index (Phi) is 5.71. The second-order valence-corrected chi connectivity index (χ2v) is 12.3. The molecule has 0 bridgehead atoms. The van der Waals surface area contributed by atoms with Crippen LogP contribution in [0.25, 0.3) is 0 Å². The summed E-state index contributed by atoms with van der Waals surface area (Å²) in [6.07, 6.45) is 0.903. The second kappa shape index (κ2) is 8.42. The molecule has 0 spiro atoms. The van der Waals surface area contributed by atoms with Gasteiger partial charge in [-0.05, 0) is 43.2 Å². The number of carbonyl (C=O) groups is 1. The van der Waals surface area contributed by atoms with Crippen LogP contribution in [0, 0.1) is 0 Å². The van der Waals surface area contributed by atoms with Gasteiger partial charge in [0, 0.05) is 26.1 Å². The molecule has 3 heterocycles. The van der Waals surface area contributed by atoms with E-state index in [-0.39, 0.29) is 11.9 Å². The monoisotopic (exact) mass is 470 g/mol. The van der Waals surface area contributed by atoms with Crippen molar-refractivity contribution in [3.63, 3.8) is 0 Å². The summed E-state index contributed by atoms with van der Waals surface area (Å²) in [5.41, 5.74) is 2.34. The SMILES string of the molecule is CC1(C)C(=O)N(CCOc2ccccc2)[C@H]2CN(Cc3ccc4c(c3)CCO4)C[C@@H]2[S+]1(=O)[O-]. The number of ether oxygens (including phenoxy) is 2. The number of amides is 1. The van der Waals surface area contributed by atoms with Crippen molar-refractivity contribution in [3.05, 3.63) is 59.7 Å². The average molecular weight is 471 g/mol. The van der Waals surface area contributed by atoms with E-state index >= 15 is 0 Å². The molecule has 0 saturated carbocycles. The molecule has 7 nitrogen and oxygen atoms in total. The van der Waals surface area contributed by atoms with Crippen LogP contribution in [0.1, 0.15) is 25.0 Å². The topological polar surface area (TPSA) is 82.1 Å². The van der Waals surface area contributed by atoms with Gasteiger partial charge in [-0.15, -0.1) is 4.21 Å². The highest BCUT2D eigenvalue weighted by Crippen LogP contribution is 2.41. The molecule has 2 aromatic rings. The Hall–Kier alpha value is -2.42. The van der Waals surface area contributed by atoms with Crippen molar-refractivity contribution >= 4 is 16.1 Å². The highest BCUT2D eigenvalue weighted by molar-refractivity contribution is 8.00. The molecule has 1 amide bonds. The minimum atomic E-state index is -3.63. The lowest BCUT2D eigenvalue weighted by atomic mass is 10.1. The van der Waals surface area contributed by atoms with Gasteiger partial charge in [0.05, 0.1) is 29.4 Å². The van der Waals surface area contributed by atoms with Gasteiger partial charge in [-0.2, -0.15) is 0 Å². The highest BCUT2D eigenvalue weighted by atomic mass is 32.3. The number of nitrogens with zero attached hydrogens (tertiary/aromatic N) is 2. The Morgan fingerprint density at radius 3 is 2.76 bits per heavy atom. The summed E-state index contributed by atoms with van der Waals surface area (Å²) in [6, 6.07) is 15.3. The largest absolute Gasteiger partial charge is 0.614 e. The van der Waals surface area contributed by atoms with E-state index in [9.17, 15) is 13.6 Å². The van der Waals surface area contributed by atoms with Gasteiger partial charge >= 0.3 is 0 Å². The lowest BCUT2D eigenvalue weighted by Gasteiger charge is -2.46. The Labute approximate surface area is 195 Å². The molecule has 8 heteroatoms.